The molecule has 0 bridgehead atoms. The maximum Gasteiger partial charge on any atom is 0.242 e. The maximum absolute atomic E-state index is 12.6. The highest BCUT2D eigenvalue weighted by molar-refractivity contribution is 7.88. The largest absolute Gasteiger partial charge is 0.325 e. The summed E-state index contributed by atoms with van der Waals surface area (Å²) in [6, 6.07) is 6.50. The van der Waals surface area contributed by atoms with Crippen molar-refractivity contribution in [1.82, 2.24) is 19.5 Å². The Morgan fingerprint density at radius 3 is 2.92 bits per heavy atom. The van der Waals surface area contributed by atoms with E-state index in [9.17, 15) is 13.2 Å². The van der Waals surface area contributed by atoms with Gasteiger partial charge in [0.15, 0.2) is 5.82 Å². The Hall–Kier alpha value is -2.26. The van der Waals surface area contributed by atoms with Crippen LogP contribution in [-0.2, 0) is 14.8 Å². The van der Waals surface area contributed by atoms with Crippen LogP contribution in [0.15, 0.2) is 30.6 Å². The van der Waals surface area contributed by atoms with Gasteiger partial charge in [-0.3, -0.25) is 9.89 Å². The fraction of sp³-hybridized carbons (Fsp3) is 0.400. The second-order valence-corrected chi connectivity index (χ2v) is 7.72. The number of benzene rings is 1. The van der Waals surface area contributed by atoms with E-state index in [1.165, 1.54) is 10.6 Å². The molecule has 8 nitrogen and oxygen atoms in total. The van der Waals surface area contributed by atoms with Crippen LogP contribution < -0.4 is 5.32 Å². The molecule has 1 aromatic carbocycles. The zero-order valence-corrected chi connectivity index (χ0v) is 14.1. The molecule has 0 saturated carbocycles. The van der Waals surface area contributed by atoms with Crippen LogP contribution >= 0.6 is 0 Å². The SMILES string of the molecule is CS(=O)(=O)N1CCCCC1C(=O)Nc1cccc(-c2ncn[nH]2)c1. The van der Waals surface area contributed by atoms with Gasteiger partial charge in [-0.1, -0.05) is 18.6 Å². The molecule has 1 fully saturated rings. The van der Waals surface area contributed by atoms with Gasteiger partial charge in [0.2, 0.25) is 15.9 Å². The van der Waals surface area contributed by atoms with Gasteiger partial charge >= 0.3 is 0 Å². The van der Waals surface area contributed by atoms with E-state index in [1.807, 2.05) is 6.07 Å². The summed E-state index contributed by atoms with van der Waals surface area (Å²) in [6.07, 6.45) is 4.69. The first-order valence-electron chi connectivity index (χ1n) is 7.68. The first-order valence-corrected chi connectivity index (χ1v) is 9.53. The van der Waals surface area contributed by atoms with Crippen molar-refractivity contribution in [3.8, 4) is 11.4 Å². The summed E-state index contributed by atoms with van der Waals surface area (Å²) < 4.78 is 25.1. The van der Waals surface area contributed by atoms with Crippen LogP contribution in [0.4, 0.5) is 5.69 Å². The van der Waals surface area contributed by atoms with E-state index < -0.39 is 16.1 Å². The zero-order chi connectivity index (χ0) is 17.2. The third kappa shape index (κ3) is 3.62. The number of H-pyrrole nitrogens is 1. The van der Waals surface area contributed by atoms with Crippen LogP contribution in [0.25, 0.3) is 11.4 Å². The number of carbonyl (C=O) groups is 1. The van der Waals surface area contributed by atoms with Crippen molar-refractivity contribution in [3.63, 3.8) is 0 Å². The molecule has 128 valence electrons. The van der Waals surface area contributed by atoms with Crippen molar-refractivity contribution in [2.45, 2.75) is 25.3 Å². The summed E-state index contributed by atoms with van der Waals surface area (Å²) in [5, 5.41) is 9.37. The summed E-state index contributed by atoms with van der Waals surface area (Å²) in [6.45, 7) is 0.384. The molecule has 2 heterocycles. The third-order valence-corrected chi connectivity index (χ3v) is 5.29. The van der Waals surface area contributed by atoms with Gasteiger partial charge in [-0.25, -0.2) is 13.4 Å². The fourth-order valence-electron chi connectivity index (χ4n) is 2.88. The molecule has 1 amide bonds. The minimum Gasteiger partial charge on any atom is -0.325 e. The van der Waals surface area contributed by atoms with Gasteiger partial charge in [0.1, 0.15) is 12.4 Å². The average Bonchev–Trinajstić information content (AvgIpc) is 3.09. The first kappa shape index (κ1) is 16.6. The first-order chi connectivity index (χ1) is 11.4. The van der Waals surface area contributed by atoms with Crippen LogP contribution in [0.3, 0.4) is 0 Å². The molecule has 1 saturated heterocycles. The lowest BCUT2D eigenvalue weighted by Crippen LogP contribution is -2.49. The van der Waals surface area contributed by atoms with E-state index in [4.69, 9.17) is 0 Å². The van der Waals surface area contributed by atoms with Gasteiger partial charge < -0.3 is 5.32 Å². The molecule has 2 N–H and O–H groups in total. The predicted molar refractivity (Wildman–Crippen MR) is 89.6 cm³/mol. The number of carbonyl (C=O) groups excluding carboxylic acids is 1. The second-order valence-electron chi connectivity index (χ2n) is 5.79. The Bertz CT molecular complexity index is 819. The normalized spacial score (nSPS) is 19.1. The summed E-state index contributed by atoms with van der Waals surface area (Å²) in [7, 11) is -3.41. The van der Waals surface area contributed by atoms with E-state index in [-0.39, 0.29) is 5.91 Å². The number of sulfonamides is 1. The fourth-order valence-corrected chi connectivity index (χ4v) is 4.00. The maximum atomic E-state index is 12.6. The van der Waals surface area contributed by atoms with Crippen LogP contribution in [0.1, 0.15) is 19.3 Å². The lowest BCUT2D eigenvalue weighted by Gasteiger charge is -2.32. The smallest absolute Gasteiger partial charge is 0.242 e. The van der Waals surface area contributed by atoms with Crippen LogP contribution in [0.5, 0.6) is 0 Å². The number of rotatable bonds is 4. The molecular weight excluding hydrogens is 330 g/mol. The number of nitrogens with zero attached hydrogens (tertiary/aromatic N) is 3. The number of hydrogen-bond donors (Lipinski definition) is 2. The molecule has 1 aliphatic heterocycles. The molecule has 0 spiro atoms. The molecule has 1 aliphatic rings. The van der Waals surface area contributed by atoms with Crippen LogP contribution in [0, 0.1) is 0 Å². The van der Waals surface area contributed by atoms with E-state index in [0.717, 1.165) is 24.7 Å². The Kier molecular flexibility index (Phi) is 4.63. The number of nitrogens with one attached hydrogen (secondary N) is 2. The highest BCUT2D eigenvalue weighted by atomic mass is 32.2. The highest BCUT2D eigenvalue weighted by Gasteiger charge is 2.34. The number of aromatic amines is 1. The quantitative estimate of drug-likeness (QED) is 0.863. The monoisotopic (exact) mass is 349 g/mol. The van der Waals surface area contributed by atoms with Gasteiger partial charge in [-0.15, -0.1) is 0 Å². The summed E-state index contributed by atoms with van der Waals surface area (Å²) >= 11 is 0. The molecule has 24 heavy (non-hydrogen) atoms. The molecule has 1 aromatic heterocycles. The number of aromatic nitrogens is 3. The topological polar surface area (TPSA) is 108 Å². The van der Waals surface area contributed by atoms with Crippen molar-refractivity contribution in [2.24, 2.45) is 0 Å². The van der Waals surface area contributed by atoms with Gasteiger partial charge in [0.25, 0.3) is 0 Å². The lowest BCUT2D eigenvalue weighted by atomic mass is 10.0. The van der Waals surface area contributed by atoms with Crippen molar-refractivity contribution in [2.75, 3.05) is 18.1 Å². The van der Waals surface area contributed by atoms with E-state index >= 15 is 0 Å². The Labute approximate surface area is 140 Å². The number of amides is 1. The number of hydrogen-bond acceptors (Lipinski definition) is 5. The van der Waals surface area contributed by atoms with Crippen molar-refractivity contribution >= 4 is 21.6 Å². The standard InChI is InChI=1S/C15H19N5O3S/c1-24(22,23)20-8-3-2-7-13(20)15(21)18-12-6-4-5-11(9-12)14-16-10-17-19-14/h4-6,9-10,13H,2-3,7-8H2,1H3,(H,18,21)(H,16,17,19). The number of anilines is 1. The van der Waals surface area contributed by atoms with Gasteiger partial charge in [0.05, 0.1) is 6.26 Å². The van der Waals surface area contributed by atoms with Gasteiger partial charge in [-0.05, 0) is 25.0 Å². The molecule has 1 unspecified atom stereocenters. The summed E-state index contributed by atoms with van der Waals surface area (Å²) in [5.41, 5.74) is 1.38. The minimum atomic E-state index is -3.41. The van der Waals surface area contributed by atoms with E-state index in [2.05, 4.69) is 20.5 Å². The van der Waals surface area contributed by atoms with E-state index in [1.54, 1.807) is 18.2 Å². The highest BCUT2D eigenvalue weighted by Crippen LogP contribution is 2.23. The Morgan fingerprint density at radius 1 is 1.38 bits per heavy atom. The zero-order valence-electron chi connectivity index (χ0n) is 13.3. The Balaban J connectivity index is 1.78. The molecule has 0 aliphatic carbocycles. The molecule has 1 atom stereocenters. The van der Waals surface area contributed by atoms with Gasteiger partial charge in [-0.2, -0.15) is 9.40 Å². The molecular formula is C15H19N5O3S. The molecule has 2 aromatic rings. The van der Waals surface area contributed by atoms with Crippen LogP contribution in [-0.4, -0.2) is 52.7 Å². The number of piperidine rings is 1. The van der Waals surface area contributed by atoms with E-state index in [0.29, 0.717) is 24.5 Å². The minimum absolute atomic E-state index is 0.310. The summed E-state index contributed by atoms with van der Waals surface area (Å²) in [4.78, 5) is 16.6. The van der Waals surface area contributed by atoms with Crippen molar-refractivity contribution in [3.05, 3.63) is 30.6 Å². The third-order valence-electron chi connectivity index (χ3n) is 4.00. The molecule has 9 heteroatoms. The second kappa shape index (κ2) is 6.70. The van der Waals surface area contributed by atoms with Crippen LogP contribution in [0.2, 0.25) is 0 Å². The predicted octanol–water partition coefficient (Wildman–Crippen LogP) is 1.22. The van der Waals surface area contributed by atoms with Crippen molar-refractivity contribution in [1.29, 1.82) is 0 Å². The Morgan fingerprint density at radius 2 is 2.21 bits per heavy atom. The summed E-state index contributed by atoms with van der Waals surface area (Å²) in [5.74, 6) is 0.288. The average molecular weight is 349 g/mol. The molecule has 0 radical (unpaired) electrons. The molecule has 3 rings (SSSR count). The lowest BCUT2D eigenvalue weighted by molar-refractivity contribution is -0.120. The van der Waals surface area contributed by atoms with Gasteiger partial charge in [0, 0.05) is 17.8 Å². The van der Waals surface area contributed by atoms with Crippen molar-refractivity contribution < 1.29 is 13.2 Å².